The molecule has 31 heavy (non-hydrogen) atoms. The number of carbonyl (C=O) groups excluding carboxylic acids is 2. The van der Waals surface area contributed by atoms with Crippen LogP contribution in [0.2, 0.25) is 5.02 Å². The number of thioether (sulfide) groups is 1. The Morgan fingerprint density at radius 2 is 1.68 bits per heavy atom. The molecule has 1 saturated carbocycles. The van der Waals surface area contributed by atoms with Gasteiger partial charge < -0.3 is 10.6 Å². The summed E-state index contributed by atoms with van der Waals surface area (Å²) in [6.07, 6.45) is 1.87. The SMILES string of the molecule is O=C(Nc1cccc(SC(C(=O)Nc2ccc(F)c(Cl)c2)c2ccccc2)c1)C1CC1. The van der Waals surface area contributed by atoms with E-state index in [1.54, 1.807) is 0 Å². The van der Waals surface area contributed by atoms with E-state index in [9.17, 15) is 14.0 Å². The Labute approximate surface area is 189 Å². The van der Waals surface area contributed by atoms with Crippen LogP contribution in [0.25, 0.3) is 0 Å². The minimum atomic E-state index is -0.556. The molecular weight excluding hydrogens is 435 g/mol. The second kappa shape index (κ2) is 9.54. The van der Waals surface area contributed by atoms with Gasteiger partial charge in [0.1, 0.15) is 11.1 Å². The van der Waals surface area contributed by atoms with Crippen LogP contribution in [-0.2, 0) is 9.59 Å². The van der Waals surface area contributed by atoms with Gasteiger partial charge in [-0.05, 0) is 54.8 Å². The Bertz CT molecular complexity index is 1110. The molecule has 0 radical (unpaired) electrons. The molecule has 3 aromatic rings. The Kier molecular flexibility index (Phi) is 6.59. The van der Waals surface area contributed by atoms with Gasteiger partial charge in [0.25, 0.3) is 0 Å². The van der Waals surface area contributed by atoms with Crippen LogP contribution in [0.1, 0.15) is 23.7 Å². The summed E-state index contributed by atoms with van der Waals surface area (Å²) in [5.41, 5.74) is 1.95. The van der Waals surface area contributed by atoms with Gasteiger partial charge in [-0.25, -0.2) is 4.39 Å². The summed E-state index contributed by atoms with van der Waals surface area (Å²) in [4.78, 5) is 26.1. The molecule has 1 aliphatic carbocycles. The number of benzene rings is 3. The number of nitrogens with one attached hydrogen (secondary N) is 2. The summed E-state index contributed by atoms with van der Waals surface area (Å²) in [6.45, 7) is 0. The molecule has 2 amide bonds. The minimum absolute atomic E-state index is 0.0349. The fourth-order valence-corrected chi connectivity index (χ4v) is 4.32. The van der Waals surface area contributed by atoms with Crippen molar-refractivity contribution in [1.29, 1.82) is 0 Å². The Balaban J connectivity index is 1.54. The van der Waals surface area contributed by atoms with Crippen molar-refractivity contribution < 1.29 is 14.0 Å². The largest absolute Gasteiger partial charge is 0.326 e. The first kappa shape index (κ1) is 21.4. The van der Waals surface area contributed by atoms with Gasteiger partial charge >= 0.3 is 0 Å². The summed E-state index contributed by atoms with van der Waals surface area (Å²) in [5, 5.41) is 5.14. The molecule has 7 heteroatoms. The van der Waals surface area contributed by atoms with Gasteiger partial charge in [0.15, 0.2) is 0 Å². The molecule has 0 bridgehead atoms. The van der Waals surface area contributed by atoms with E-state index in [1.165, 1.54) is 30.0 Å². The molecule has 1 aliphatic rings. The Morgan fingerprint density at radius 3 is 2.39 bits per heavy atom. The predicted octanol–water partition coefficient (Wildman–Crippen LogP) is 6.30. The fourth-order valence-electron chi connectivity index (χ4n) is 3.06. The number of rotatable bonds is 7. The zero-order chi connectivity index (χ0) is 21.8. The van der Waals surface area contributed by atoms with Crippen LogP contribution >= 0.6 is 23.4 Å². The van der Waals surface area contributed by atoms with Crippen molar-refractivity contribution in [3.05, 3.63) is 89.2 Å². The fraction of sp³-hybridized carbons (Fsp3) is 0.167. The quantitative estimate of drug-likeness (QED) is 0.412. The Morgan fingerprint density at radius 1 is 0.935 bits per heavy atom. The minimum Gasteiger partial charge on any atom is -0.326 e. The average molecular weight is 455 g/mol. The van der Waals surface area contributed by atoms with Crippen molar-refractivity contribution in [3.8, 4) is 0 Å². The van der Waals surface area contributed by atoms with Gasteiger partial charge in [-0.3, -0.25) is 9.59 Å². The summed E-state index contributed by atoms with van der Waals surface area (Å²) in [5.74, 6) is -0.653. The zero-order valence-electron chi connectivity index (χ0n) is 16.5. The van der Waals surface area contributed by atoms with E-state index in [2.05, 4.69) is 10.6 Å². The maximum absolute atomic E-state index is 13.5. The lowest BCUT2D eigenvalue weighted by molar-refractivity contribution is -0.117. The molecule has 3 aromatic carbocycles. The molecule has 4 nitrogen and oxygen atoms in total. The van der Waals surface area contributed by atoms with E-state index in [1.807, 2.05) is 54.6 Å². The number of hydrogen-bond donors (Lipinski definition) is 2. The highest BCUT2D eigenvalue weighted by atomic mass is 35.5. The Hall–Kier alpha value is -2.83. The first-order valence-corrected chi connectivity index (χ1v) is 11.1. The van der Waals surface area contributed by atoms with Gasteiger partial charge in [0.05, 0.1) is 5.02 Å². The lowest BCUT2D eigenvalue weighted by Gasteiger charge is -2.18. The monoisotopic (exact) mass is 454 g/mol. The number of amides is 2. The number of halogens is 2. The molecule has 0 aliphatic heterocycles. The van der Waals surface area contributed by atoms with Crippen LogP contribution in [0.3, 0.4) is 0 Å². The van der Waals surface area contributed by atoms with E-state index in [0.29, 0.717) is 11.4 Å². The topological polar surface area (TPSA) is 58.2 Å². The summed E-state index contributed by atoms with van der Waals surface area (Å²) in [7, 11) is 0. The summed E-state index contributed by atoms with van der Waals surface area (Å²) < 4.78 is 13.5. The molecule has 0 aromatic heterocycles. The number of carbonyl (C=O) groups is 2. The van der Waals surface area contributed by atoms with Crippen molar-refractivity contribution in [2.24, 2.45) is 5.92 Å². The second-order valence-corrected chi connectivity index (χ2v) is 8.90. The third-order valence-electron chi connectivity index (χ3n) is 4.83. The van der Waals surface area contributed by atoms with Crippen molar-refractivity contribution in [2.45, 2.75) is 23.0 Å². The third kappa shape index (κ3) is 5.66. The molecule has 158 valence electrons. The molecule has 0 spiro atoms. The third-order valence-corrected chi connectivity index (χ3v) is 6.37. The van der Waals surface area contributed by atoms with E-state index in [0.717, 1.165) is 23.3 Å². The molecular formula is C24H20ClFN2O2S. The maximum Gasteiger partial charge on any atom is 0.242 e. The van der Waals surface area contributed by atoms with Crippen molar-refractivity contribution in [2.75, 3.05) is 10.6 Å². The standard InChI is InChI=1S/C24H20ClFN2O2S/c25-20-14-18(11-12-21(20)26)28-24(30)22(15-5-2-1-3-6-15)31-19-8-4-7-17(13-19)27-23(29)16-9-10-16/h1-8,11-14,16,22H,9-10H2,(H,27,29)(H,28,30). The van der Waals surface area contributed by atoms with E-state index < -0.39 is 11.1 Å². The highest BCUT2D eigenvalue weighted by Gasteiger charge is 2.29. The molecule has 1 unspecified atom stereocenters. The first-order chi connectivity index (χ1) is 15.0. The van der Waals surface area contributed by atoms with E-state index >= 15 is 0 Å². The van der Waals surface area contributed by atoms with Crippen LogP contribution in [0.5, 0.6) is 0 Å². The van der Waals surface area contributed by atoms with Gasteiger partial charge in [-0.2, -0.15) is 0 Å². The highest BCUT2D eigenvalue weighted by molar-refractivity contribution is 8.00. The van der Waals surface area contributed by atoms with Crippen LogP contribution in [-0.4, -0.2) is 11.8 Å². The van der Waals surface area contributed by atoms with Crippen LogP contribution in [0.4, 0.5) is 15.8 Å². The van der Waals surface area contributed by atoms with Crippen molar-refractivity contribution >= 4 is 46.6 Å². The van der Waals surface area contributed by atoms with E-state index in [4.69, 9.17) is 11.6 Å². The smallest absolute Gasteiger partial charge is 0.242 e. The molecule has 1 atom stereocenters. The first-order valence-electron chi connectivity index (χ1n) is 9.88. The molecule has 0 saturated heterocycles. The van der Waals surface area contributed by atoms with Crippen LogP contribution in [0, 0.1) is 11.7 Å². The zero-order valence-corrected chi connectivity index (χ0v) is 18.1. The number of anilines is 2. The molecule has 4 rings (SSSR count). The van der Waals surface area contributed by atoms with E-state index in [-0.39, 0.29) is 22.8 Å². The molecule has 1 fully saturated rings. The second-order valence-electron chi connectivity index (χ2n) is 7.32. The molecule has 2 N–H and O–H groups in total. The maximum atomic E-state index is 13.5. The van der Waals surface area contributed by atoms with Crippen LogP contribution in [0.15, 0.2) is 77.7 Å². The van der Waals surface area contributed by atoms with Gasteiger partial charge in [-0.1, -0.05) is 48.0 Å². The normalized spacial score (nSPS) is 14.0. The van der Waals surface area contributed by atoms with Crippen LogP contribution < -0.4 is 10.6 Å². The van der Waals surface area contributed by atoms with Crippen molar-refractivity contribution in [3.63, 3.8) is 0 Å². The van der Waals surface area contributed by atoms with Gasteiger partial charge in [0.2, 0.25) is 11.8 Å². The summed E-state index contributed by atoms with van der Waals surface area (Å²) in [6, 6.07) is 20.9. The predicted molar refractivity (Wildman–Crippen MR) is 123 cm³/mol. The number of hydrogen-bond acceptors (Lipinski definition) is 3. The van der Waals surface area contributed by atoms with Gasteiger partial charge in [0, 0.05) is 22.2 Å². The summed E-state index contributed by atoms with van der Waals surface area (Å²) >= 11 is 7.21. The lowest BCUT2D eigenvalue weighted by atomic mass is 10.1. The molecule has 0 heterocycles. The van der Waals surface area contributed by atoms with Gasteiger partial charge in [-0.15, -0.1) is 11.8 Å². The average Bonchev–Trinajstić information content (AvgIpc) is 3.61. The lowest BCUT2D eigenvalue weighted by Crippen LogP contribution is -2.19. The van der Waals surface area contributed by atoms with Crippen molar-refractivity contribution in [1.82, 2.24) is 0 Å². The highest BCUT2D eigenvalue weighted by Crippen LogP contribution is 2.38.